The molecule has 4 aromatic carbocycles. The third-order valence-corrected chi connectivity index (χ3v) is 6.82. The standard InChI is InChI=1S/C31H22ClF9O/c1-2-3-4-5-6-16-9-21(32)28(23(34)10-16)18-13-24(35)29(25(36)14-18)31(40,41)42-19-7-8-20(22(33)15-19)17-11-26(37)30(39)27(38)12-17/h7-15H,2-6H2,1H3. The van der Waals surface area contributed by atoms with Gasteiger partial charge in [0, 0.05) is 17.2 Å². The molecule has 0 saturated heterocycles. The number of hydrogen-bond donors (Lipinski definition) is 0. The zero-order valence-corrected chi connectivity index (χ0v) is 22.7. The van der Waals surface area contributed by atoms with Crippen LogP contribution in [0.5, 0.6) is 5.75 Å². The molecule has 0 N–H and O–H groups in total. The fourth-order valence-corrected chi connectivity index (χ4v) is 4.84. The molecule has 1 nitrogen and oxygen atoms in total. The third kappa shape index (κ3) is 6.69. The van der Waals surface area contributed by atoms with Crippen LogP contribution < -0.4 is 4.74 Å². The second-order valence-corrected chi connectivity index (χ2v) is 9.98. The van der Waals surface area contributed by atoms with Crippen LogP contribution in [0.25, 0.3) is 22.3 Å². The monoisotopic (exact) mass is 616 g/mol. The summed E-state index contributed by atoms with van der Waals surface area (Å²) in [7, 11) is 0. The molecule has 0 aliphatic heterocycles. The first-order valence-electron chi connectivity index (χ1n) is 12.8. The molecule has 0 heterocycles. The molecule has 0 fully saturated rings. The van der Waals surface area contributed by atoms with E-state index in [0.29, 0.717) is 42.3 Å². The minimum atomic E-state index is -4.68. The fraction of sp³-hybridized carbons (Fsp3) is 0.226. The Morgan fingerprint density at radius 1 is 0.667 bits per heavy atom. The Balaban J connectivity index is 1.60. The van der Waals surface area contributed by atoms with E-state index in [-0.39, 0.29) is 10.6 Å². The van der Waals surface area contributed by atoms with Crippen molar-refractivity contribution in [3.05, 3.63) is 111 Å². The van der Waals surface area contributed by atoms with Gasteiger partial charge in [0.05, 0.1) is 5.02 Å². The number of aryl methyl sites for hydroxylation is 1. The first kappa shape index (κ1) is 31.3. The van der Waals surface area contributed by atoms with Gasteiger partial charge in [-0.1, -0.05) is 37.8 Å². The number of ether oxygens (including phenoxy) is 1. The predicted molar refractivity (Wildman–Crippen MR) is 141 cm³/mol. The Hall–Kier alpha value is -3.66. The summed E-state index contributed by atoms with van der Waals surface area (Å²) in [6.07, 6.45) is -0.424. The second-order valence-electron chi connectivity index (χ2n) is 9.57. The van der Waals surface area contributed by atoms with Gasteiger partial charge in [0.1, 0.15) is 34.6 Å². The lowest BCUT2D eigenvalue weighted by atomic mass is 9.98. The van der Waals surface area contributed by atoms with E-state index in [0.717, 1.165) is 37.8 Å². The van der Waals surface area contributed by atoms with Crippen molar-refractivity contribution in [2.45, 2.75) is 45.1 Å². The van der Waals surface area contributed by atoms with Crippen LogP contribution in [0.2, 0.25) is 5.02 Å². The topological polar surface area (TPSA) is 9.23 Å². The Kier molecular flexibility index (Phi) is 9.45. The van der Waals surface area contributed by atoms with Gasteiger partial charge in [-0.15, -0.1) is 0 Å². The molecule has 0 aliphatic rings. The van der Waals surface area contributed by atoms with Crippen molar-refractivity contribution in [2.75, 3.05) is 0 Å². The molecule has 11 heteroatoms. The Morgan fingerprint density at radius 3 is 1.86 bits per heavy atom. The molecule has 0 atom stereocenters. The van der Waals surface area contributed by atoms with E-state index < -0.39 is 74.8 Å². The highest BCUT2D eigenvalue weighted by Crippen LogP contribution is 2.40. The van der Waals surface area contributed by atoms with Crippen molar-refractivity contribution >= 4 is 11.6 Å². The number of unbranched alkanes of at least 4 members (excludes halogenated alkanes) is 3. The summed E-state index contributed by atoms with van der Waals surface area (Å²) in [5, 5.41) is -0.161. The molecule has 0 amide bonds. The SMILES string of the molecule is CCCCCCc1cc(F)c(-c2cc(F)c(C(F)(F)Oc3ccc(-c4cc(F)c(F)c(F)c4)c(F)c3)c(F)c2)c(Cl)c1. The average molecular weight is 617 g/mol. The lowest BCUT2D eigenvalue weighted by Crippen LogP contribution is -2.25. The van der Waals surface area contributed by atoms with Crippen LogP contribution in [-0.2, 0) is 12.5 Å². The highest BCUT2D eigenvalue weighted by molar-refractivity contribution is 6.33. The van der Waals surface area contributed by atoms with Crippen molar-refractivity contribution in [1.82, 2.24) is 0 Å². The van der Waals surface area contributed by atoms with Crippen molar-refractivity contribution < 1.29 is 44.3 Å². The summed E-state index contributed by atoms with van der Waals surface area (Å²) in [6, 6.07) is 6.51. The minimum absolute atomic E-state index is 0.161. The van der Waals surface area contributed by atoms with Crippen LogP contribution in [0, 0.1) is 40.7 Å². The van der Waals surface area contributed by atoms with E-state index in [1.165, 1.54) is 12.1 Å². The van der Waals surface area contributed by atoms with E-state index in [2.05, 4.69) is 4.74 Å². The van der Waals surface area contributed by atoms with E-state index >= 15 is 0 Å². The molecule has 0 aromatic heterocycles. The van der Waals surface area contributed by atoms with Gasteiger partial charge in [0.2, 0.25) is 0 Å². The van der Waals surface area contributed by atoms with Crippen molar-refractivity contribution in [3.8, 4) is 28.0 Å². The molecule has 222 valence electrons. The van der Waals surface area contributed by atoms with Gasteiger partial charge in [-0.05, 0) is 78.1 Å². The summed E-state index contributed by atoms with van der Waals surface area (Å²) >= 11 is 6.19. The van der Waals surface area contributed by atoms with Crippen LogP contribution >= 0.6 is 11.6 Å². The summed E-state index contributed by atoms with van der Waals surface area (Å²) in [5.74, 6) is -11.7. The van der Waals surface area contributed by atoms with Crippen molar-refractivity contribution in [1.29, 1.82) is 0 Å². The number of halogens is 10. The first-order chi connectivity index (χ1) is 19.8. The quantitative estimate of drug-likeness (QED) is 0.0978. The first-order valence-corrected chi connectivity index (χ1v) is 13.2. The average Bonchev–Trinajstić information content (AvgIpc) is 2.88. The van der Waals surface area contributed by atoms with Gasteiger partial charge >= 0.3 is 6.11 Å². The van der Waals surface area contributed by atoms with Gasteiger partial charge in [-0.25, -0.2) is 30.7 Å². The highest BCUT2D eigenvalue weighted by Gasteiger charge is 2.41. The minimum Gasteiger partial charge on any atom is -0.429 e. The molecule has 0 radical (unpaired) electrons. The van der Waals surface area contributed by atoms with Crippen LogP contribution in [0.3, 0.4) is 0 Å². The normalized spacial score (nSPS) is 11.7. The molecular formula is C31H22ClF9O. The largest absolute Gasteiger partial charge is 0.432 e. The lowest BCUT2D eigenvalue weighted by Gasteiger charge is -2.20. The maximum absolute atomic E-state index is 14.9. The molecule has 0 aliphatic carbocycles. The van der Waals surface area contributed by atoms with Gasteiger partial charge < -0.3 is 4.74 Å². The van der Waals surface area contributed by atoms with Crippen LogP contribution in [0.15, 0.2) is 54.6 Å². The van der Waals surface area contributed by atoms with Crippen LogP contribution in [0.4, 0.5) is 39.5 Å². The smallest absolute Gasteiger partial charge is 0.429 e. The highest BCUT2D eigenvalue weighted by atomic mass is 35.5. The second kappa shape index (κ2) is 12.7. The van der Waals surface area contributed by atoms with Gasteiger partial charge in [-0.3, -0.25) is 0 Å². The van der Waals surface area contributed by atoms with Gasteiger partial charge in [-0.2, -0.15) is 8.78 Å². The van der Waals surface area contributed by atoms with Crippen molar-refractivity contribution in [2.24, 2.45) is 0 Å². The summed E-state index contributed by atoms with van der Waals surface area (Å²) < 4.78 is 134. The molecule has 0 bridgehead atoms. The molecule has 4 aromatic rings. The summed E-state index contributed by atoms with van der Waals surface area (Å²) in [6.45, 7) is 2.04. The molecule has 0 spiro atoms. The van der Waals surface area contributed by atoms with Crippen LogP contribution in [-0.4, -0.2) is 0 Å². The summed E-state index contributed by atoms with van der Waals surface area (Å²) in [5.41, 5.74) is -3.00. The lowest BCUT2D eigenvalue weighted by molar-refractivity contribution is -0.189. The summed E-state index contributed by atoms with van der Waals surface area (Å²) in [4.78, 5) is 0. The Morgan fingerprint density at radius 2 is 1.29 bits per heavy atom. The van der Waals surface area contributed by atoms with E-state index in [1.54, 1.807) is 0 Å². The molecule has 0 unspecified atom stereocenters. The van der Waals surface area contributed by atoms with E-state index in [1.807, 2.05) is 6.92 Å². The molecule has 4 rings (SSSR count). The van der Waals surface area contributed by atoms with Gasteiger partial charge in [0.25, 0.3) is 0 Å². The molecule has 42 heavy (non-hydrogen) atoms. The maximum Gasteiger partial charge on any atom is 0.432 e. The number of hydrogen-bond acceptors (Lipinski definition) is 1. The molecule has 0 saturated carbocycles. The predicted octanol–water partition coefficient (Wildman–Crippen LogP) is 10.9. The Bertz CT molecular complexity index is 1550. The Labute approximate surface area is 240 Å². The van der Waals surface area contributed by atoms with Gasteiger partial charge in [0.15, 0.2) is 17.5 Å². The zero-order chi connectivity index (χ0) is 30.8. The maximum atomic E-state index is 14.9. The third-order valence-electron chi connectivity index (χ3n) is 6.52. The number of alkyl halides is 2. The number of rotatable bonds is 10. The van der Waals surface area contributed by atoms with Crippen LogP contribution in [0.1, 0.15) is 43.7 Å². The van der Waals surface area contributed by atoms with Crippen molar-refractivity contribution in [3.63, 3.8) is 0 Å². The van der Waals surface area contributed by atoms with E-state index in [9.17, 15) is 39.5 Å². The fourth-order valence-electron chi connectivity index (χ4n) is 4.50. The molecular weight excluding hydrogens is 595 g/mol. The number of benzene rings is 4. The zero-order valence-electron chi connectivity index (χ0n) is 21.9. The van der Waals surface area contributed by atoms with E-state index in [4.69, 9.17) is 11.6 Å².